The monoisotopic (exact) mass is 427 g/mol. The Bertz CT molecular complexity index is 1070. The van der Waals surface area contributed by atoms with Gasteiger partial charge in [0.2, 0.25) is 11.8 Å². The van der Waals surface area contributed by atoms with Crippen LogP contribution in [0, 0.1) is 6.92 Å². The average molecular weight is 427 g/mol. The highest BCUT2D eigenvalue weighted by Gasteiger charge is 2.16. The first-order valence-electron chi connectivity index (χ1n) is 9.24. The van der Waals surface area contributed by atoms with Crippen molar-refractivity contribution in [2.75, 3.05) is 25.0 Å². The van der Waals surface area contributed by atoms with Gasteiger partial charge in [-0.3, -0.25) is 14.4 Å². The van der Waals surface area contributed by atoms with E-state index in [1.807, 2.05) is 37.3 Å². The molecule has 0 fully saturated rings. The van der Waals surface area contributed by atoms with E-state index in [4.69, 9.17) is 5.11 Å². The molecule has 10 heteroatoms. The van der Waals surface area contributed by atoms with Gasteiger partial charge >= 0.3 is 5.97 Å². The molecule has 0 atom stereocenters. The maximum Gasteiger partial charge on any atom is 0.322 e. The zero-order valence-electron chi connectivity index (χ0n) is 16.3. The summed E-state index contributed by atoms with van der Waals surface area (Å²) < 4.78 is 0. The van der Waals surface area contributed by atoms with Crippen molar-refractivity contribution < 1.29 is 19.5 Å². The van der Waals surface area contributed by atoms with Crippen LogP contribution < -0.4 is 16.0 Å². The van der Waals surface area contributed by atoms with Gasteiger partial charge in [-0.15, -0.1) is 11.3 Å². The lowest BCUT2D eigenvalue weighted by atomic mass is 10.0. The zero-order valence-corrected chi connectivity index (χ0v) is 17.1. The SMILES string of the molecule is Cc1sc2ncnc(NCCC(=O)NCC(=O)NCC(=O)O)c2c1-c1ccccc1. The number of aliphatic carboxylic acids is 1. The zero-order chi connectivity index (χ0) is 21.5. The molecule has 3 rings (SSSR count). The number of nitrogens with one attached hydrogen (secondary N) is 3. The van der Waals surface area contributed by atoms with Gasteiger partial charge in [0, 0.05) is 23.4 Å². The first-order valence-corrected chi connectivity index (χ1v) is 10.1. The van der Waals surface area contributed by atoms with Gasteiger partial charge in [-0.25, -0.2) is 9.97 Å². The van der Waals surface area contributed by atoms with Crippen LogP contribution >= 0.6 is 11.3 Å². The fourth-order valence-electron chi connectivity index (χ4n) is 2.93. The molecule has 30 heavy (non-hydrogen) atoms. The summed E-state index contributed by atoms with van der Waals surface area (Å²) >= 11 is 1.59. The summed E-state index contributed by atoms with van der Waals surface area (Å²) in [5.74, 6) is -1.38. The van der Waals surface area contributed by atoms with Crippen molar-refractivity contribution in [1.82, 2.24) is 20.6 Å². The van der Waals surface area contributed by atoms with Crippen molar-refractivity contribution in [2.24, 2.45) is 0 Å². The Morgan fingerprint density at radius 1 is 1.03 bits per heavy atom. The van der Waals surface area contributed by atoms with Crippen LogP contribution in [0.15, 0.2) is 36.7 Å². The molecule has 0 saturated carbocycles. The number of fused-ring (bicyclic) bond motifs is 1. The molecule has 0 unspecified atom stereocenters. The number of carboxylic acids is 1. The Labute approximate surface area is 176 Å². The van der Waals surface area contributed by atoms with Crippen molar-refractivity contribution in [3.63, 3.8) is 0 Å². The third kappa shape index (κ3) is 5.29. The van der Waals surface area contributed by atoms with Crippen LogP contribution in [-0.4, -0.2) is 52.5 Å². The lowest BCUT2D eigenvalue weighted by molar-refractivity contribution is -0.137. The van der Waals surface area contributed by atoms with Gasteiger partial charge in [0.25, 0.3) is 0 Å². The van der Waals surface area contributed by atoms with Crippen LogP contribution in [0.25, 0.3) is 21.3 Å². The molecule has 0 radical (unpaired) electrons. The van der Waals surface area contributed by atoms with Gasteiger partial charge in [0.05, 0.1) is 11.9 Å². The fraction of sp³-hybridized carbons (Fsp3) is 0.250. The number of aromatic nitrogens is 2. The number of thiophene rings is 1. The Hall–Kier alpha value is -3.53. The van der Waals surface area contributed by atoms with Crippen LogP contribution in [0.1, 0.15) is 11.3 Å². The molecule has 156 valence electrons. The van der Waals surface area contributed by atoms with Crippen molar-refractivity contribution in [1.29, 1.82) is 0 Å². The molecule has 0 spiro atoms. The second kappa shape index (κ2) is 9.79. The Balaban J connectivity index is 1.62. The summed E-state index contributed by atoms with van der Waals surface area (Å²) in [4.78, 5) is 44.5. The number of anilines is 1. The van der Waals surface area contributed by atoms with Gasteiger partial charge in [-0.1, -0.05) is 30.3 Å². The molecule has 9 nitrogen and oxygen atoms in total. The van der Waals surface area contributed by atoms with Gasteiger partial charge in [-0.05, 0) is 12.5 Å². The van der Waals surface area contributed by atoms with E-state index in [1.165, 1.54) is 6.33 Å². The molecular formula is C20H21N5O4S. The highest BCUT2D eigenvalue weighted by Crippen LogP contribution is 2.40. The predicted molar refractivity (Wildman–Crippen MR) is 114 cm³/mol. The largest absolute Gasteiger partial charge is 0.480 e. The summed E-state index contributed by atoms with van der Waals surface area (Å²) in [5, 5.41) is 17.3. The number of rotatable bonds is 9. The van der Waals surface area contributed by atoms with Crippen molar-refractivity contribution >= 4 is 45.2 Å². The van der Waals surface area contributed by atoms with Crippen molar-refractivity contribution in [3.8, 4) is 11.1 Å². The second-order valence-electron chi connectivity index (χ2n) is 6.43. The lowest BCUT2D eigenvalue weighted by Crippen LogP contribution is -2.39. The summed E-state index contributed by atoms with van der Waals surface area (Å²) in [6, 6.07) is 9.99. The van der Waals surface area contributed by atoms with Crippen LogP contribution in [0.5, 0.6) is 0 Å². The number of hydrogen-bond acceptors (Lipinski definition) is 7. The van der Waals surface area contributed by atoms with E-state index in [-0.39, 0.29) is 18.9 Å². The van der Waals surface area contributed by atoms with E-state index in [0.29, 0.717) is 12.4 Å². The molecule has 1 aromatic carbocycles. The number of carboxylic acid groups (broad SMARTS) is 1. The summed E-state index contributed by atoms with van der Waals surface area (Å²) in [5.41, 5.74) is 2.14. The third-order valence-electron chi connectivity index (χ3n) is 4.25. The number of amides is 2. The van der Waals surface area contributed by atoms with Crippen LogP contribution in [0.3, 0.4) is 0 Å². The van der Waals surface area contributed by atoms with E-state index >= 15 is 0 Å². The molecule has 0 bridgehead atoms. The third-order valence-corrected chi connectivity index (χ3v) is 5.27. The van der Waals surface area contributed by atoms with E-state index in [0.717, 1.165) is 26.2 Å². The Morgan fingerprint density at radius 2 is 1.77 bits per heavy atom. The normalized spacial score (nSPS) is 10.6. The van der Waals surface area contributed by atoms with E-state index in [1.54, 1.807) is 11.3 Å². The molecule has 2 heterocycles. The first kappa shape index (κ1) is 21.2. The van der Waals surface area contributed by atoms with Crippen LogP contribution in [0.2, 0.25) is 0 Å². The molecule has 2 aromatic heterocycles. The Kier molecular flexibility index (Phi) is 6.91. The van der Waals surface area contributed by atoms with Gasteiger partial charge in [0.15, 0.2) is 0 Å². The quantitative estimate of drug-likeness (QED) is 0.409. The topological polar surface area (TPSA) is 133 Å². The highest BCUT2D eigenvalue weighted by atomic mass is 32.1. The number of hydrogen-bond donors (Lipinski definition) is 4. The number of benzene rings is 1. The number of carbonyl (C=O) groups excluding carboxylic acids is 2. The highest BCUT2D eigenvalue weighted by molar-refractivity contribution is 7.19. The fourth-order valence-corrected chi connectivity index (χ4v) is 3.94. The summed E-state index contributed by atoms with van der Waals surface area (Å²) in [7, 11) is 0. The van der Waals surface area contributed by atoms with Gasteiger partial charge in [0.1, 0.15) is 23.5 Å². The molecule has 4 N–H and O–H groups in total. The minimum atomic E-state index is -1.14. The van der Waals surface area contributed by atoms with E-state index in [9.17, 15) is 14.4 Å². The van der Waals surface area contributed by atoms with Gasteiger partial charge < -0.3 is 21.1 Å². The predicted octanol–water partition coefficient (Wildman–Crippen LogP) is 1.79. The van der Waals surface area contributed by atoms with E-state index in [2.05, 4.69) is 25.9 Å². The Morgan fingerprint density at radius 3 is 2.50 bits per heavy atom. The smallest absolute Gasteiger partial charge is 0.322 e. The lowest BCUT2D eigenvalue weighted by Gasteiger charge is -2.09. The first-order chi connectivity index (χ1) is 14.5. The number of carbonyl (C=O) groups is 3. The molecule has 2 amide bonds. The van der Waals surface area contributed by atoms with Crippen molar-refractivity contribution in [2.45, 2.75) is 13.3 Å². The molecule has 0 saturated heterocycles. The minimum Gasteiger partial charge on any atom is -0.480 e. The standard InChI is InChI=1S/C20H21N5O4S/c1-12-17(13-5-3-2-4-6-13)18-19(24-11-25-20(18)30-12)21-8-7-14(26)22-9-15(27)23-10-16(28)29/h2-6,11H,7-10H2,1H3,(H,22,26)(H,23,27)(H,28,29)(H,21,24,25). The summed E-state index contributed by atoms with van der Waals surface area (Å²) in [6.45, 7) is 1.61. The average Bonchev–Trinajstić information content (AvgIpc) is 3.08. The molecule has 3 aromatic rings. The second-order valence-corrected chi connectivity index (χ2v) is 7.63. The molecule has 0 aliphatic rings. The van der Waals surface area contributed by atoms with E-state index < -0.39 is 18.4 Å². The maximum atomic E-state index is 12.0. The summed E-state index contributed by atoms with van der Waals surface area (Å²) in [6.07, 6.45) is 1.61. The molecule has 0 aliphatic heterocycles. The minimum absolute atomic E-state index is 0.126. The molecular weight excluding hydrogens is 406 g/mol. The van der Waals surface area contributed by atoms with Crippen LogP contribution in [0.4, 0.5) is 5.82 Å². The number of nitrogens with zero attached hydrogens (tertiary/aromatic N) is 2. The van der Waals surface area contributed by atoms with Crippen molar-refractivity contribution in [3.05, 3.63) is 41.5 Å². The maximum absolute atomic E-state index is 12.0. The van der Waals surface area contributed by atoms with Crippen LogP contribution in [-0.2, 0) is 14.4 Å². The molecule has 0 aliphatic carbocycles. The number of aryl methyl sites for hydroxylation is 1. The van der Waals surface area contributed by atoms with Gasteiger partial charge in [-0.2, -0.15) is 0 Å².